The fourth-order valence-electron chi connectivity index (χ4n) is 2.36. The first kappa shape index (κ1) is 13.8. The normalized spacial score (nSPS) is 11.1. The number of nitrogens with zero attached hydrogens (tertiary/aromatic N) is 1. The summed E-state index contributed by atoms with van der Waals surface area (Å²) in [5.74, 6) is 0. The molecule has 0 atom stereocenters. The molecule has 0 N–H and O–H groups in total. The summed E-state index contributed by atoms with van der Waals surface area (Å²) < 4.78 is 7.26. The molecule has 3 nitrogen and oxygen atoms in total. The predicted octanol–water partition coefficient (Wildman–Crippen LogP) is 3.04. The maximum atomic E-state index is 12.1. The highest BCUT2D eigenvalue weighted by atomic mass is 16.5. The van der Waals surface area contributed by atoms with Crippen LogP contribution in [0.25, 0.3) is 10.9 Å². The van der Waals surface area contributed by atoms with Crippen molar-refractivity contribution in [2.75, 3.05) is 13.7 Å². The molecule has 1 heterocycles. The first-order valence-corrected chi connectivity index (χ1v) is 6.73. The van der Waals surface area contributed by atoms with Crippen molar-refractivity contribution >= 4 is 10.9 Å². The third-order valence-corrected chi connectivity index (χ3v) is 3.41. The van der Waals surface area contributed by atoms with Gasteiger partial charge in [-0.3, -0.25) is 4.79 Å². The van der Waals surface area contributed by atoms with Gasteiger partial charge >= 0.3 is 0 Å². The average molecular weight is 259 g/mol. The lowest BCUT2D eigenvalue weighted by Gasteiger charge is -2.12. The zero-order chi connectivity index (χ0) is 13.8. The van der Waals surface area contributed by atoms with Crippen LogP contribution in [0, 0.1) is 13.8 Å². The Labute approximate surface area is 113 Å². The Hall–Kier alpha value is -1.61. The van der Waals surface area contributed by atoms with Crippen LogP contribution < -0.4 is 5.43 Å². The van der Waals surface area contributed by atoms with Crippen LogP contribution in [0.2, 0.25) is 0 Å². The molecule has 102 valence electrons. The molecular formula is C16H21NO2. The van der Waals surface area contributed by atoms with Crippen LogP contribution in [-0.2, 0) is 11.3 Å². The van der Waals surface area contributed by atoms with E-state index in [4.69, 9.17) is 4.74 Å². The molecule has 0 aliphatic heterocycles. The second-order valence-electron chi connectivity index (χ2n) is 5.06. The van der Waals surface area contributed by atoms with Crippen molar-refractivity contribution in [2.45, 2.75) is 33.2 Å². The van der Waals surface area contributed by atoms with E-state index in [0.29, 0.717) is 0 Å². The smallest absolute Gasteiger partial charge is 0.192 e. The standard InChI is InChI=1S/C16H21NO2/c1-12-6-7-14-15(10-12)17(8-4-5-9-19-3)11-13(2)16(14)18/h6-7,10-11H,4-5,8-9H2,1-3H3. The third-order valence-electron chi connectivity index (χ3n) is 3.41. The molecular weight excluding hydrogens is 238 g/mol. The number of methoxy groups -OCH3 is 1. The van der Waals surface area contributed by atoms with E-state index < -0.39 is 0 Å². The molecule has 2 rings (SSSR count). The lowest BCUT2D eigenvalue weighted by atomic mass is 10.1. The predicted molar refractivity (Wildman–Crippen MR) is 78.8 cm³/mol. The summed E-state index contributed by atoms with van der Waals surface area (Å²) in [4.78, 5) is 12.1. The van der Waals surface area contributed by atoms with Gasteiger partial charge in [-0.1, -0.05) is 6.07 Å². The monoisotopic (exact) mass is 259 g/mol. The minimum absolute atomic E-state index is 0.142. The van der Waals surface area contributed by atoms with Gasteiger partial charge in [-0.15, -0.1) is 0 Å². The van der Waals surface area contributed by atoms with E-state index in [1.807, 2.05) is 25.3 Å². The summed E-state index contributed by atoms with van der Waals surface area (Å²) in [5, 5.41) is 0.817. The Morgan fingerprint density at radius 2 is 2.00 bits per heavy atom. The van der Waals surface area contributed by atoms with Gasteiger partial charge in [0.2, 0.25) is 0 Å². The highest BCUT2D eigenvalue weighted by Gasteiger charge is 2.06. The van der Waals surface area contributed by atoms with Gasteiger partial charge in [-0.25, -0.2) is 0 Å². The van der Waals surface area contributed by atoms with Gasteiger partial charge in [-0.05, 0) is 44.4 Å². The number of fused-ring (bicyclic) bond motifs is 1. The third kappa shape index (κ3) is 3.04. The van der Waals surface area contributed by atoms with Crippen molar-refractivity contribution in [1.82, 2.24) is 4.57 Å². The van der Waals surface area contributed by atoms with Gasteiger partial charge in [0.25, 0.3) is 0 Å². The van der Waals surface area contributed by atoms with Crippen molar-refractivity contribution in [3.8, 4) is 0 Å². The van der Waals surface area contributed by atoms with Crippen LogP contribution >= 0.6 is 0 Å². The molecule has 0 saturated carbocycles. The minimum atomic E-state index is 0.142. The molecule has 3 heteroatoms. The molecule has 0 radical (unpaired) electrons. The van der Waals surface area contributed by atoms with E-state index in [2.05, 4.69) is 17.6 Å². The van der Waals surface area contributed by atoms with E-state index in [9.17, 15) is 4.79 Å². The van der Waals surface area contributed by atoms with E-state index in [1.54, 1.807) is 7.11 Å². The lowest BCUT2D eigenvalue weighted by molar-refractivity contribution is 0.191. The number of unbranched alkanes of at least 4 members (excludes halogenated alkanes) is 1. The van der Waals surface area contributed by atoms with Crippen molar-refractivity contribution < 1.29 is 4.74 Å². The Morgan fingerprint density at radius 3 is 2.74 bits per heavy atom. The van der Waals surface area contributed by atoms with Crippen molar-refractivity contribution in [3.05, 3.63) is 45.7 Å². The second-order valence-corrected chi connectivity index (χ2v) is 5.06. The maximum Gasteiger partial charge on any atom is 0.192 e. The van der Waals surface area contributed by atoms with Crippen LogP contribution in [0.4, 0.5) is 0 Å². The van der Waals surface area contributed by atoms with Crippen LogP contribution in [0.3, 0.4) is 0 Å². The molecule has 19 heavy (non-hydrogen) atoms. The Kier molecular flexibility index (Phi) is 4.38. The summed E-state index contributed by atoms with van der Waals surface area (Å²) >= 11 is 0. The Bertz CT molecular complexity index is 628. The van der Waals surface area contributed by atoms with Crippen LogP contribution in [0.15, 0.2) is 29.2 Å². The summed E-state index contributed by atoms with van der Waals surface area (Å²) in [5.41, 5.74) is 3.17. The van der Waals surface area contributed by atoms with E-state index in [-0.39, 0.29) is 5.43 Å². The summed E-state index contributed by atoms with van der Waals surface area (Å²) in [6, 6.07) is 6.02. The van der Waals surface area contributed by atoms with Gasteiger partial charge in [0.1, 0.15) is 0 Å². The molecule has 2 aromatic rings. The molecule has 0 aliphatic carbocycles. The van der Waals surface area contributed by atoms with Crippen molar-refractivity contribution in [3.63, 3.8) is 0 Å². The molecule has 0 aliphatic rings. The molecule has 0 fully saturated rings. The molecule has 1 aromatic heterocycles. The zero-order valence-electron chi connectivity index (χ0n) is 11.9. The van der Waals surface area contributed by atoms with Crippen LogP contribution in [-0.4, -0.2) is 18.3 Å². The summed E-state index contributed by atoms with van der Waals surface area (Å²) in [6.45, 7) is 5.65. The Balaban J connectivity index is 2.39. The average Bonchev–Trinajstić information content (AvgIpc) is 2.40. The van der Waals surface area contributed by atoms with Gasteiger partial charge in [0.05, 0.1) is 5.52 Å². The van der Waals surface area contributed by atoms with Crippen molar-refractivity contribution in [1.29, 1.82) is 0 Å². The number of rotatable bonds is 5. The summed E-state index contributed by atoms with van der Waals surface area (Å²) in [6.07, 6.45) is 4.06. The highest BCUT2D eigenvalue weighted by Crippen LogP contribution is 2.15. The number of benzene rings is 1. The van der Waals surface area contributed by atoms with E-state index >= 15 is 0 Å². The molecule has 0 bridgehead atoms. The fourth-order valence-corrected chi connectivity index (χ4v) is 2.36. The largest absolute Gasteiger partial charge is 0.385 e. The van der Waals surface area contributed by atoms with Gasteiger partial charge in [0, 0.05) is 37.4 Å². The lowest BCUT2D eigenvalue weighted by Crippen LogP contribution is -2.12. The molecule has 0 amide bonds. The minimum Gasteiger partial charge on any atom is -0.385 e. The molecule has 1 aromatic carbocycles. The topological polar surface area (TPSA) is 31.2 Å². The molecule has 0 saturated heterocycles. The molecule has 0 unspecified atom stereocenters. The van der Waals surface area contributed by atoms with Crippen LogP contribution in [0.5, 0.6) is 0 Å². The maximum absolute atomic E-state index is 12.1. The van der Waals surface area contributed by atoms with Crippen molar-refractivity contribution in [2.24, 2.45) is 0 Å². The number of aromatic nitrogens is 1. The number of hydrogen-bond acceptors (Lipinski definition) is 2. The number of ether oxygens (including phenoxy) is 1. The second kappa shape index (κ2) is 6.02. The Morgan fingerprint density at radius 1 is 1.21 bits per heavy atom. The van der Waals surface area contributed by atoms with E-state index in [1.165, 1.54) is 5.56 Å². The van der Waals surface area contributed by atoms with Gasteiger partial charge < -0.3 is 9.30 Å². The molecule has 0 spiro atoms. The SMILES string of the molecule is COCCCCn1cc(C)c(=O)c2ccc(C)cc21. The van der Waals surface area contributed by atoms with Gasteiger partial charge in [-0.2, -0.15) is 0 Å². The number of hydrogen-bond donors (Lipinski definition) is 0. The fraction of sp³-hybridized carbons (Fsp3) is 0.438. The highest BCUT2D eigenvalue weighted by molar-refractivity contribution is 5.80. The first-order valence-electron chi connectivity index (χ1n) is 6.73. The van der Waals surface area contributed by atoms with E-state index in [0.717, 1.165) is 42.5 Å². The quantitative estimate of drug-likeness (QED) is 0.773. The van der Waals surface area contributed by atoms with Gasteiger partial charge in [0.15, 0.2) is 5.43 Å². The summed E-state index contributed by atoms with van der Waals surface area (Å²) in [7, 11) is 1.72. The first-order chi connectivity index (χ1) is 9.13. The number of aryl methyl sites for hydroxylation is 3. The van der Waals surface area contributed by atoms with Crippen LogP contribution in [0.1, 0.15) is 24.0 Å². The number of pyridine rings is 1. The zero-order valence-corrected chi connectivity index (χ0v) is 11.9.